The van der Waals surface area contributed by atoms with E-state index in [1.54, 1.807) is 43.3 Å². The highest BCUT2D eigenvalue weighted by atomic mass is 19.1. The van der Waals surface area contributed by atoms with Crippen molar-refractivity contribution in [3.8, 4) is 0 Å². The van der Waals surface area contributed by atoms with E-state index in [1.807, 2.05) is 0 Å². The molecule has 7 heteroatoms. The SMILES string of the molecule is CC1NC(=O)c2ccccc2N(CC(=O)NCCc2cccc(F)c2)C1=O. The number of benzene rings is 2. The summed E-state index contributed by atoms with van der Waals surface area (Å²) in [5, 5.41) is 5.36. The van der Waals surface area contributed by atoms with E-state index in [0.717, 1.165) is 5.56 Å². The molecule has 0 fully saturated rings. The maximum absolute atomic E-state index is 13.2. The number of carbonyl (C=O) groups excluding carboxylic acids is 3. The van der Waals surface area contributed by atoms with Gasteiger partial charge in [-0.25, -0.2) is 4.39 Å². The second-order valence-corrected chi connectivity index (χ2v) is 6.37. The van der Waals surface area contributed by atoms with Gasteiger partial charge in [-0.1, -0.05) is 24.3 Å². The van der Waals surface area contributed by atoms with Crippen molar-refractivity contribution in [1.82, 2.24) is 10.6 Å². The van der Waals surface area contributed by atoms with Crippen LogP contribution in [0.1, 0.15) is 22.8 Å². The first-order valence-corrected chi connectivity index (χ1v) is 8.68. The zero-order chi connectivity index (χ0) is 19.4. The van der Waals surface area contributed by atoms with Crippen molar-refractivity contribution in [2.75, 3.05) is 18.0 Å². The average Bonchev–Trinajstić information content (AvgIpc) is 2.73. The lowest BCUT2D eigenvalue weighted by atomic mass is 10.1. The second-order valence-electron chi connectivity index (χ2n) is 6.37. The fraction of sp³-hybridized carbons (Fsp3) is 0.250. The third-order valence-corrected chi connectivity index (χ3v) is 4.35. The lowest BCUT2D eigenvalue weighted by Gasteiger charge is -2.23. The van der Waals surface area contributed by atoms with Gasteiger partial charge in [0.25, 0.3) is 5.91 Å². The molecule has 6 nitrogen and oxygen atoms in total. The topological polar surface area (TPSA) is 78.5 Å². The Labute approximate surface area is 156 Å². The smallest absolute Gasteiger partial charge is 0.254 e. The molecule has 27 heavy (non-hydrogen) atoms. The fourth-order valence-electron chi connectivity index (χ4n) is 2.99. The van der Waals surface area contributed by atoms with Crippen LogP contribution >= 0.6 is 0 Å². The van der Waals surface area contributed by atoms with Gasteiger partial charge < -0.3 is 15.5 Å². The van der Waals surface area contributed by atoms with E-state index in [-0.39, 0.29) is 30.1 Å². The van der Waals surface area contributed by atoms with E-state index >= 15 is 0 Å². The number of hydrogen-bond donors (Lipinski definition) is 2. The Morgan fingerprint density at radius 1 is 1.19 bits per heavy atom. The minimum atomic E-state index is -0.731. The quantitative estimate of drug-likeness (QED) is 0.841. The highest BCUT2D eigenvalue weighted by molar-refractivity contribution is 6.12. The molecule has 0 aromatic heterocycles. The van der Waals surface area contributed by atoms with Gasteiger partial charge in [0.05, 0.1) is 11.3 Å². The summed E-state index contributed by atoms with van der Waals surface area (Å²) in [5.41, 5.74) is 1.53. The van der Waals surface area contributed by atoms with Gasteiger partial charge in [-0.05, 0) is 43.2 Å². The summed E-state index contributed by atoms with van der Waals surface area (Å²) in [4.78, 5) is 38.5. The molecule has 3 rings (SSSR count). The van der Waals surface area contributed by atoms with Crippen LogP contribution in [-0.4, -0.2) is 36.9 Å². The van der Waals surface area contributed by atoms with Crippen LogP contribution in [0.5, 0.6) is 0 Å². The largest absolute Gasteiger partial charge is 0.354 e. The zero-order valence-electron chi connectivity index (χ0n) is 14.9. The van der Waals surface area contributed by atoms with Crippen molar-refractivity contribution < 1.29 is 18.8 Å². The van der Waals surface area contributed by atoms with Gasteiger partial charge >= 0.3 is 0 Å². The Morgan fingerprint density at radius 2 is 1.96 bits per heavy atom. The van der Waals surface area contributed by atoms with Crippen LogP contribution < -0.4 is 15.5 Å². The monoisotopic (exact) mass is 369 g/mol. The summed E-state index contributed by atoms with van der Waals surface area (Å²) in [6.45, 7) is 1.71. The van der Waals surface area contributed by atoms with E-state index in [0.29, 0.717) is 24.2 Å². The number of nitrogens with zero attached hydrogens (tertiary/aromatic N) is 1. The van der Waals surface area contributed by atoms with Crippen LogP contribution in [0.3, 0.4) is 0 Å². The molecule has 2 N–H and O–H groups in total. The summed E-state index contributed by atoms with van der Waals surface area (Å²) < 4.78 is 13.2. The number of amides is 3. The Bertz CT molecular complexity index is 884. The van der Waals surface area contributed by atoms with Gasteiger partial charge in [-0.15, -0.1) is 0 Å². The lowest BCUT2D eigenvalue weighted by molar-refractivity contribution is -0.124. The second kappa shape index (κ2) is 7.99. The number of halogens is 1. The molecule has 3 amide bonds. The standard InChI is InChI=1S/C20H20FN3O3/c1-13-20(27)24(17-8-3-2-7-16(17)19(26)23-13)12-18(25)22-10-9-14-5-4-6-15(21)11-14/h2-8,11,13H,9-10,12H2,1H3,(H,22,25)(H,23,26). The Kier molecular flexibility index (Phi) is 5.49. The molecule has 1 aliphatic heterocycles. The van der Waals surface area contributed by atoms with Crippen LogP contribution in [0.4, 0.5) is 10.1 Å². The van der Waals surface area contributed by atoms with Crippen LogP contribution in [0.2, 0.25) is 0 Å². The molecule has 0 aliphatic carbocycles. The minimum absolute atomic E-state index is 0.196. The lowest BCUT2D eigenvalue weighted by Crippen LogP contribution is -2.47. The van der Waals surface area contributed by atoms with Crippen molar-refractivity contribution in [1.29, 1.82) is 0 Å². The molecule has 1 heterocycles. The van der Waals surface area contributed by atoms with Gasteiger partial charge in [-0.2, -0.15) is 0 Å². The van der Waals surface area contributed by atoms with E-state index in [1.165, 1.54) is 17.0 Å². The number of fused-ring (bicyclic) bond motifs is 1. The maximum Gasteiger partial charge on any atom is 0.254 e. The molecule has 0 saturated carbocycles. The summed E-state index contributed by atoms with van der Waals surface area (Å²) in [6, 6.07) is 12.1. The van der Waals surface area contributed by atoms with E-state index in [4.69, 9.17) is 0 Å². The number of para-hydroxylation sites is 1. The molecule has 140 valence electrons. The molecule has 0 spiro atoms. The molecule has 0 bridgehead atoms. The zero-order valence-corrected chi connectivity index (χ0v) is 14.9. The third-order valence-electron chi connectivity index (χ3n) is 4.35. The summed E-state index contributed by atoms with van der Waals surface area (Å²) in [6.07, 6.45) is 0.477. The molecule has 1 atom stereocenters. The van der Waals surface area contributed by atoms with Gasteiger partial charge in [0.1, 0.15) is 18.4 Å². The van der Waals surface area contributed by atoms with Crippen LogP contribution in [0.25, 0.3) is 0 Å². The van der Waals surface area contributed by atoms with Gasteiger partial charge in [0, 0.05) is 6.54 Å². The van der Waals surface area contributed by atoms with E-state index < -0.39 is 6.04 Å². The Balaban J connectivity index is 1.67. The highest BCUT2D eigenvalue weighted by Gasteiger charge is 2.31. The first-order valence-electron chi connectivity index (χ1n) is 8.68. The summed E-state index contributed by atoms with van der Waals surface area (Å²) >= 11 is 0. The van der Waals surface area contributed by atoms with Gasteiger partial charge in [0.15, 0.2) is 0 Å². The van der Waals surface area contributed by atoms with E-state index in [9.17, 15) is 18.8 Å². The Morgan fingerprint density at radius 3 is 2.74 bits per heavy atom. The van der Waals surface area contributed by atoms with Crippen molar-refractivity contribution in [3.05, 3.63) is 65.5 Å². The maximum atomic E-state index is 13.2. The van der Waals surface area contributed by atoms with Crippen molar-refractivity contribution in [3.63, 3.8) is 0 Å². The third kappa shape index (κ3) is 4.31. The van der Waals surface area contributed by atoms with Crippen molar-refractivity contribution in [2.24, 2.45) is 0 Å². The van der Waals surface area contributed by atoms with Crippen molar-refractivity contribution >= 4 is 23.4 Å². The van der Waals surface area contributed by atoms with Crippen LogP contribution in [-0.2, 0) is 16.0 Å². The number of rotatable bonds is 5. The summed E-state index contributed by atoms with van der Waals surface area (Å²) in [5.74, 6) is -1.37. The first kappa shape index (κ1) is 18.6. The molecular weight excluding hydrogens is 349 g/mol. The van der Waals surface area contributed by atoms with Gasteiger partial charge in [-0.3, -0.25) is 14.4 Å². The first-order chi connectivity index (χ1) is 13.0. The number of carbonyl (C=O) groups is 3. The van der Waals surface area contributed by atoms with Crippen molar-refractivity contribution in [2.45, 2.75) is 19.4 Å². The normalized spacial score (nSPS) is 16.4. The number of anilines is 1. The van der Waals surface area contributed by atoms with Crippen LogP contribution in [0, 0.1) is 5.82 Å². The number of nitrogens with one attached hydrogen (secondary N) is 2. The number of hydrogen-bond acceptors (Lipinski definition) is 3. The fourth-order valence-corrected chi connectivity index (χ4v) is 2.99. The molecule has 0 saturated heterocycles. The predicted molar refractivity (Wildman–Crippen MR) is 98.8 cm³/mol. The molecule has 0 radical (unpaired) electrons. The Hall–Kier alpha value is -3.22. The average molecular weight is 369 g/mol. The van der Waals surface area contributed by atoms with Crippen LogP contribution in [0.15, 0.2) is 48.5 Å². The van der Waals surface area contributed by atoms with Gasteiger partial charge in [0.2, 0.25) is 11.8 Å². The molecular formula is C20H20FN3O3. The molecule has 2 aromatic rings. The van der Waals surface area contributed by atoms with E-state index in [2.05, 4.69) is 10.6 Å². The molecule has 2 aromatic carbocycles. The minimum Gasteiger partial charge on any atom is -0.354 e. The highest BCUT2D eigenvalue weighted by Crippen LogP contribution is 2.23. The summed E-state index contributed by atoms with van der Waals surface area (Å²) in [7, 11) is 0. The molecule has 1 aliphatic rings. The molecule has 1 unspecified atom stereocenters. The predicted octanol–water partition coefficient (Wildman–Crippen LogP) is 1.65.